The lowest BCUT2D eigenvalue weighted by Gasteiger charge is -2.10. The van der Waals surface area contributed by atoms with E-state index in [1.54, 1.807) is 0 Å². The normalized spacial score (nSPS) is 14.3. The lowest BCUT2D eigenvalue weighted by atomic mass is 10.1. The highest BCUT2D eigenvalue weighted by Crippen LogP contribution is 2.20. The second kappa shape index (κ2) is 6.35. The molecule has 4 heteroatoms. The van der Waals surface area contributed by atoms with Crippen LogP contribution in [-0.4, -0.2) is 14.9 Å². The van der Waals surface area contributed by atoms with Gasteiger partial charge in [-0.05, 0) is 37.1 Å². The molecular weight excluding hydrogens is 304 g/mol. The molecule has 0 aliphatic heterocycles. The Morgan fingerprint density at radius 3 is 2.58 bits per heavy atom. The number of benzene rings is 1. The third kappa shape index (κ3) is 3.67. The molecule has 2 atom stereocenters. The van der Waals surface area contributed by atoms with Crippen molar-refractivity contribution in [2.45, 2.75) is 38.8 Å². The Balaban J connectivity index is 2.04. The van der Waals surface area contributed by atoms with Crippen molar-refractivity contribution in [1.82, 2.24) is 9.78 Å². The maximum Gasteiger partial charge on any atom is 0.0846 e. The summed E-state index contributed by atoms with van der Waals surface area (Å²) in [6.45, 7) is 4.28. The molecule has 0 aliphatic carbocycles. The maximum absolute atomic E-state index is 10.2. The number of aliphatic hydroxyl groups excluding tert-OH is 1. The Kier molecular flexibility index (Phi) is 4.77. The summed E-state index contributed by atoms with van der Waals surface area (Å²) in [4.78, 5) is 0. The zero-order valence-electron chi connectivity index (χ0n) is 11.3. The molecule has 0 radical (unpaired) electrons. The largest absolute Gasteiger partial charge is 0.388 e. The van der Waals surface area contributed by atoms with Crippen molar-refractivity contribution < 1.29 is 5.11 Å². The van der Waals surface area contributed by atoms with Crippen LogP contribution >= 0.6 is 15.9 Å². The van der Waals surface area contributed by atoms with Crippen LogP contribution in [0, 0.1) is 0 Å². The van der Waals surface area contributed by atoms with Crippen LogP contribution in [0.25, 0.3) is 0 Å². The van der Waals surface area contributed by atoms with Gasteiger partial charge in [0.1, 0.15) is 0 Å². The van der Waals surface area contributed by atoms with Gasteiger partial charge in [-0.3, -0.25) is 4.68 Å². The molecule has 2 unspecified atom stereocenters. The van der Waals surface area contributed by atoms with Crippen LogP contribution in [0.4, 0.5) is 0 Å². The Hall–Kier alpha value is -1.13. The van der Waals surface area contributed by atoms with Crippen molar-refractivity contribution in [3.8, 4) is 0 Å². The standard InChI is InChI=1S/C15H19BrN2O/c1-3-11(2)18-9-8-14(17-18)10-15(19)12-4-6-13(16)7-5-12/h4-9,11,15,19H,3,10H2,1-2H3. The van der Waals surface area contributed by atoms with E-state index in [1.807, 2.05) is 41.2 Å². The zero-order valence-corrected chi connectivity index (χ0v) is 12.8. The Morgan fingerprint density at radius 2 is 1.95 bits per heavy atom. The van der Waals surface area contributed by atoms with Gasteiger partial charge in [-0.2, -0.15) is 5.10 Å². The van der Waals surface area contributed by atoms with Gasteiger partial charge in [0.2, 0.25) is 0 Å². The average Bonchev–Trinajstić information content (AvgIpc) is 2.87. The molecule has 19 heavy (non-hydrogen) atoms. The van der Waals surface area contributed by atoms with Crippen molar-refractivity contribution >= 4 is 15.9 Å². The predicted octanol–water partition coefficient (Wildman–Crippen LogP) is 3.89. The smallest absolute Gasteiger partial charge is 0.0846 e. The molecule has 1 N–H and O–H groups in total. The molecule has 1 aromatic heterocycles. The lowest BCUT2D eigenvalue weighted by molar-refractivity contribution is 0.177. The second-order valence-corrected chi connectivity index (χ2v) is 5.73. The van der Waals surface area contributed by atoms with E-state index in [0.29, 0.717) is 12.5 Å². The van der Waals surface area contributed by atoms with E-state index < -0.39 is 6.10 Å². The Labute approximate surface area is 122 Å². The summed E-state index contributed by atoms with van der Waals surface area (Å²) < 4.78 is 2.98. The molecule has 0 bridgehead atoms. The fraction of sp³-hybridized carbons (Fsp3) is 0.400. The number of hydrogen-bond donors (Lipinski definition) is 1. The SMILES string of the molecule is CCC(C)n1ccc(CC(O)c2ccc(Br)cc2)n1. The van der Waals surface area contributed by atoms with Gasteiger partial charge in [0, 0.05) is 23.1 Å². The molecule has 102 valence electrons. The van der Waals surface area contributed by atoms with Gasteiger partial charge in [-0.15, -0.1) is 0 Å². The molecule has 2 rings (SSSR count). The van der Waals surface area contributed by atoms with Crippen molar-refractivity contribution in [2.24, 2.45) is 0 Å². The zero-order chi connectivity index (χ0) is 13.8. The molecular formula is C15H19BrN2O. The van der Waals surface area contributed by atoms with E-state index in [2.05, 4.69) is 34.9 Å². The molecule has 1 aromatic carbocycles. The summed E-state index contributed by atoms with van der Waals surface area (Å²) in [5, 5.41) is 14.7. The van der Waals surface area contributed by atoms with Gasteiger partial charge >= 0.3 is 0 Å². The quantitative estimate of drug-likeness (QED) is 0.906. The third-order valence-electron chi connectivity index (χ3n) is 3.36. The van der Waals surface area contributed by atoms with Crippen LogP contribution in [0.2, 0.25) is 0 Å². The van der Waals surface area contributed by atoms with E-state index in [9.17, 15) is 5.11 Å². The molecule has 2 aromatic rings. The molecule has 0 amide bonds. The lowest BCUT2D eigenvalue weighted by Crippen LogP contribution is -2.07. The van der Waals surface area contributed by atoms with Gasteiger partial charge in [-0.1, -0.05) is 35.0 Å². The minimum absolute atomic E-state index is 0.401. The first-order valence-electron chi connectivity index (χ1n) is 6.57. The predicted molar refractivity (Wildman–Crippen MR) is 80.0 cm³/mol. The summed E-state index contributed by atoms with van der Waals surface area (Å²) in [6.07, 6.45) is 3.08. The highest BCUT2D eigenvalue weighted by molar-refractivity contribution is 9.10. The summed E-state index contributed by atoms with van der Waals surface area (Å²) in [5.74, 6) is 0. The minimum atomic E-state index is -0.506. The first-order valence-corrected chi connectivity index (χ1v) is 7.37. The monoisotopic (exact) mass is 322 g/mol. The number of nitrogens with zero attached hydrogens (tertiary/aromatic N) is 2. The van der Waals surface area contributed by atoms with Gasteiger partial charge < -0.3 is 5.11 Å². The van der Waals surface area contributed by atoms with Crippen LogP contribution in [0.5, 0.6) is 0 Å². The van der Waals surface area contributed by atoms with E-state index in [0.717, 1.165) is 22.2 Å². The van der Waals surface area contributed by atoms with E-state index in [4.69, 9.17) is 0 Å². The van der Waals surface area contributed by atoms with Crippen molar-refractivity contribution in [3.63, 3.8) is 0 Å². The summed E-state index contributed by atoms with van der Waals surface area (Å²) in [6, 6.07) is 10.1. The fourth-order valence-electron chi connectivity index (χ4n) is 1.92. The molecule has 0 aliphatic rings. The second-order valence-electron chi connectivity index (χ2n) is 4.82. The minimum Gasteiger partial charge on any atom is -0.388 e. The van der Waals surface area contributed by atoms with Gasteiger partial charge in [0.15, 0.2) is 0 Å². The van der Waals surface area contributed by atoms with Crippen LogP contribution in [-0.2, 0) is 6.42 Å². The van der Waals surface area contributed by atoms with Gasteiger partial charge in [0.05, 0.1) is 11.8 Å². The number of rotatable bonds is 5. The van der Waals surface area contributed by atoms with Crippen LogP contribution in [0.15, 0.2) is 41.0 Å². The summed E-state index contributed by atoms with van der Waals surface area (Å²) in [5.41, 5.74) is 1.84. The van der Waals surface area contributed by atoms with Gasteiger partial charge in [-0.25, -0.2) is 0 Å². The third-order valence-corrected chi connectivity index (χ3v) is 3.89. The highest BCUT2D eigenvalue weighted by atomic mass is 79.9. The molecule has 3 nitrogen and oxygen atoms in total. The highest BCUT2D eigenvalue weighted by Gasteiger charge is 2.11. The van der Waals surface area contributed by atoms with Gasteiger partial charge in [0.25, 0.3) is 0 Å². The number of aliphatic hydroxyl groups is 1. The topological polar surface area (TPSA) is 38.0 Å². The summed E-state index contributed by atoms with van der Waals surface area (Å²) in [7, 11) is 0. The maximum atomic E-state index is 10.2. The van der Waals surface area contributed by atoms with Crippen molar-refractivity contribution in [3.05, 3.63) is 52.3 Å². The van der Waals surface area contributed by atoms with Crippen molar-refractivity contribution in [1.29, 1.82) is 0 Å². The van der Waals surface area contributed by atoms with Crippen LogP contribution in [0.1, 0.15) is 43.7 Å². The van der Waals surface area contributed by atoms with Crippen LogP contribution in [0.3, 0.4) is 0 Å². The van der Waals surface area contributed by atoms with E-state index >= 15 is 0 Å². The number of hydrogen-bond acceptors (Lipinski definition) is 2. The number of aromatic nitrogens is 2. The molecule has 0 fully saturated rings. The first kappa shape index (κ1) is 14.3. The first-order chi connectivity index (χ1) is 9.10. The Morgan fingerprint density at radius 1 is 1.26 bits per heavy atom. The fourth-order valence-corrected chi connectivity index (χ4v) is 2.18. The van der Waals surface area contributed by atoms with E-state index in [-0.39, 0.29) is 0 Å². The molecule has 0 spiro atoms. The van der Waals surface area contributed by atoms with Crippen LogP contribution < -0.4 is 0 Å². The van der Waals surface area contributed by atoms with E-state index in [1.165, 1.54) is 0 Å². The van der Waals surface area contributed by atoms with Crippen molar-refractivity contribution in [2.75, 3.05) is 0 Å². The number of halogens is 1. The molecule has 0 saturated carbocycles. The average molecular weight is 323 g/mol. The Bertz CT molecular complexity index is 521. The molecule has 1 heterocycles. The summed E-state index contributed by atoms with van der Waals surface area (Å²) >= 11 is 3.39. The molecule has 0 saturated heterocycles.